The Hall–Kier alpha value is -0.300. The maximum absolute atomic E-state index is 4.86. The molecule has 0 bridgehead atoms. The minimum atomic E-state index is 0. The van der Waals surface area contributed by atoms with Gasteiger partial charge in [0.1, 0.15) is 0 Å². The molecular formula is C16H28IN3S. The molecule has 3 nitrogen and oxygen atoms in total. The smallest absolute Gasteiger partial charge is 0.193 e. The van der Waals surface area contributed by atoms with Crippen molar-refractivity contribution in [1.82, 2.24) is 10.2 Å². The van der Waals surface area contributed by atoms with E-state index < -0.39 is 0 Å². The Balaban J connectivity index is 0.00000220. The molecule has 21 heavy (non-hydrogen) atoms. The van der Waals surface area contributed by atoms with Crippen molar-refractivity contribution in [1.29, 1.82) is 0 Å². The number of hydrogen-bond acceptors (Lipinski definition) is 2. The highest BCUT2D eigenvalue weighted by molar-refractivity contribution is 14.0. The maximum atomic E-state index is 4.86. The molecule has 1 aromatic heterocycles. The molecule has 1 unspecified atom stereocenters. The molecule has 1 aliphatic rings. The van der Waals surface area contributed by atoms with Crippen LogP contribution in [-0.2, 0) is 0 Å². The van der Waals surface area contributed by atoms with Crippen LogP contribution in [-0.4, -0.2) is 37.0 Å². The average Bonchev–Trinajstić information content (AvgIpc) is 3.03. The van der Waals surface area contributed by atoms with Crippen LogP contribution in [0.25, 0.3) is 0 Å². The van der Waals surface area contributed by atoms with Gasteiger partial charge in [0, 0.05) is 30.4 Å². The predicted molar refractivity (Wildman–Crippen MR) is 104 cm³/mol. The summed E-state index contributed by atoms with van der Waals surface area (Å²) in [6, 6.07) is 4.32. The first-order valence-corrected chi connectivity index (χ1v) is 8.46. The summed E-state index contributed by atoms with van der Waals surface area (Å²) in [4.78, 5) is 8.68. The molecule has 0 aliphatic carbocycles. The Morgan fingerprint density at radius 3 is 2.81 bits per heavy atom. The van der Waals surface area contributed by atoms with Crippen molar-refractivity contribution in [3.05, 3.63) is 22.4 Å². The molecule has 1 aliphatic heterocycles. The molecule has 0 saturated carbocycles. The zero-order chi connectivity index (χ0) is 14.6. The van der Waals surface area contributed by atoms with Gasteiger partial charge in [0.05, 0.1) is 6.54 Å². The molecule has 0 aromatic carbocycles. The van der Waals surface area contributed by atoms with Crippen LogP contribution in [0.5, 0.6) is 0 Å². The lowest BCUT2D eigenvalue weighted by Crippen LogP contribution is -2.41. The molecule has 1 saturated heterocycles. The summed E-state index contributed by atoms with van der Waals surface area (Å²) in [6.45, 7) is 13.1. The molecule has 0 spiro atoms. The molecule has 1 aromatic rings. The Morgan fingerprint density at radius 2 is 2.29 bits per heavy atom. The van der Waals surface area contributed by atoms with E-state index in [1.807, 2.05) is 11.3 Å². The van der Waals surface area contributed by atoms with E-state index >= 15 is 0 Å². The number of thiophene rings is 1. The fourth-order valence-electron chi connectivity index (χ4n) is 2.60. The van der Waals surface area contributed by atoms with Crippen LogP contribution in [0.2, 0.25) is 0 Å². The van der Waals surface area contributed by atoms with Gasteiger partial charge in [0.2, 0.25) is 0 Å². The van der Waals surface area contributed by atoms with Gasteiger partial charge in [-0.05, 0) is 30.2 Å². The number of nitrogens with zero attached hydrogens (tertiary/aromatic N) is 2. The van der Waals surface area contributed by atoms with E-state index in [9.17, 15) is 0 Å². The summed E-state index contributed by atoms with van der Waals surface area (Å²) in [7, 11) is 0. The lowest BCUT2D eigenvalue weighted by Gasteiger charge is -2.24. The lowest BCUT2D eigenvalue weighted by atomic mass is 9.93. The molecule has 120 valence electrons. The van der Waals surface area contributed by atoms with E-state index in [1.165, 1.54) is 11.3 Å². The van der Waals surface area contributed by atoms with E-state index in [-0.39, 0.29) is 24.0 Å². The molecule has 1 N–H and O–H groups in total. The zero-order valence-electron chi connectivity index (χ0n) is 13.6. The van der Waals surface area contributed by atoms with Crippen molar-refractivity contribution in [3.8, 4) is 0 Å². The molecule has 1 fully saturated rings. The molecular weight excluding hydrogens is 393 g/mol. The zero-order valence-corrected chi connectivity index (χ0v) is 16.7. The van der Waals surface area contributed by atoms with E-state index in [0.29, 0.717) is 11.3 Å². The summed E-state index contributed by atoms with van der Waals surface area (Å²) < 4.78 is 0. The number of rotatable bonds is 4. The van der Waals surface area contributed by atoms with E-state index in [4.69, 9.17) is 4.99 Å². The van der Waals surface area contributed by atoms with Crippen LogP contribution in [0, 0.1) is 5.41 Å². The highest BCUT2D eigenvalue weighted by atomic mass is 127. The first kappa shape index (κ1) is 18.7. The van der Waals surface area contributed by atoms with Crippen LogP contribution in [0.3, 0.4) is 0 Å². The third-order valence-corrected chi connectivity index (χ3v) is 4.96. The maximum Gasteiger partial charge on any atom is 0.193 e. The number of nitrogens with one attached hydrogen (secondary N) is 1. The van der Waals surface area contributed by atoms with Crippen LogP contribution in [0.4, 0.5) is 0 Å². The second-order valence-corrected chi connectivity index (χ2v) is 7.43. The number of guanidine groups is 1. The summed E-state index contributed by atoms with van der Waals surface area (Å²) in [5.74, 6) is 1.58. The van der Waals surface area contributed by atoms with Gasteiger partial charge >= 0.3 is 0 Å². The van der Waals surface area contributed by atoms with Gasteiger partial charge in [-0.1, -0.05) is 26.8 Å². The van der Waals surface area contributed by atoms with Gasteiger partial charge in [0.15, 0.2) is 5.96 Å². The predicted octanol–water partition coefficient (Wildman–Crippen LogP) is 4.17. The van der Waals surface area contributed by atoms with E-state index in [2.05, 4.69) is 55.4 Å². The Kier molecular flexibility index (Phi) is 7.47. The quantitative estimate of drug-likeness (QED) is 0.449. The van der Waals surface area contributed by atoms with Crippen LogP contribution >= 0.6 is 35.3 Å². The van der Waals surface area contributed by atoms with Gasteiger partial charge in [-0.25, -0.2) is 0 Å². The highest BCUT2D eigenvalue weighted by Gasteiger charge is 2.30. The summed E-state index contributed by atoms with van der Waals surface area (Å²) in [6.07, 6.45) is 1.25. The lowest BCUT2D eigenvalue weighted by molar-refractivity contribution is 0.370. The number of likely N-dealkylation sites (tertiary alicyclic amines) is 1. The second-order valence-electron chi connectivity index (χ2n) is 6.45. The number of hydrogen-bond donors (Lipinski definition) is 1. The van der Waals surface area contributed by atoms with E-state index in [0.717, 1.165) is 32.1 Å². The Labute approximate surface area is 150 Å². The molecule has 2 heterocycles. The highest BCUT2D eigenvalue weighted by Crippen LogP contribution is 2.29. The van der Waals surface area contributed by atoms with Crippen LogP contribution in [0.1, 0.15) is 44.9 Å². The Bertz CT molecular complexity index is 442. The monoisotopic (exact) mass is 421 g/mol. The first-order chi connectivity index (χ1) is 9.52. The van der Waals surface area contributed by atoms with Crippen LogP contribution < -0.4 is 5.32 Å². The summed E-state index contributed by atoms with van der Waals surface area (Å²) >= 11 is 1.82. The Morgan fingerprint density at radius 1 is 1.52 bits per heavy atom. The third-order valence-electron chi connectivity index (χ3n) is 3.86. The normalized spacial score (nSPS) is 19.2. The van der Waals surface area contributed by atoms with Gasteiger partial charge in [-0.15, -0.1) is 35.3 Å². The largest absolute Gasteiger partial charge is 0.357 e. The summed E-state index contributed by atoms with van der Waals surface area (Å²) in [5, 5.41) is 5.58. The minimum absolute atomic E-state index is 0. The first-order valence-electron chi connectivity index (χ1n) is 7.58. The van der Waals surface area contributed by atoms with Crippen molar-refractivity contribution < 1.29 is 0 Å². The van der Waals surface area contributed by atoms with Gasteiger partial charge in [-0.2, -0.15) is 0 Å². The van der Waals surface area contributed by atoms with Crippen molar-refractivity contribution in [2.24, 2.45) is 10.4 Å². The van der Waals surface area contributed by atoms with Crippen molar-refractivity contribution in [3.63, 3.8) is 0 Å². The number of halogens is 1. The molecule has 1 atom stereocenters. The van der Waals surface area contributed by atoms with Gasteiger partial charge < -0.3 is 10.2 Å². The molecule has 2 rings (SSSR count). The van der Waals surface area contributed by atoms with Gasteiger partial charge in [-0.3, -0.25) is 4.99 Å². The van der Waals surface area contributed by atoms with Gasteiger partial charge in [0.25, 0.3) is 0 Å². The van der Waals surface area contributed by atoms with Crippen molar-refractivity contribution >= 4 is 41.3 Å². The fourth-order valence-corrected chi connectivity index (χ4v) is 3.38. The average molecular weight is 421 g/mol. The summed E-state index contributed by atoms with van der Waals surface area (Å²) in [5.41, 5.74) is 0.412. The third kappa shape index (κ3) is 5.43. The number of aliphatic imine (C=N–C) groups is 1. The van der Waals surface area contributed by atoms with E-state index in [1.54, 1.807) is 0 Å². The minimum Gasteiger partial charge on any atom is -0.357 e. The molecule has 0 radical (unpaired) electrons. The second kappa shape index (κ2) is 8.36. The molecule has 0 amide bonds. The fraction of sp³-hybridized carbons (Fsp3) is 0.688. The van der Waals surface area contributed by atoms with Crippen molar-refractivity contribution in [2.45, 2.75) is 40.0 Å². The SMILES string of the molecule is CCNC(=NCC(C)c1cccs1)N1CCC(C)(C)C1.I. The van der Waals surface area contributed by atoms with Crippen LogP contribution in [0.15, 0.2) is 22.5 Å². The standard InChI is InChI=1S/C16H27N3S.HI/c1-5-17-15(19-9-8-16(3,4)12-19)18-11-13(2)14-7-6-10-20-14;/h6-7,10,13H,5,8-9,11-12H2,1-4H3,(H,17,18);1H. The molecule has 5 heteroatoms. The topological polar surface area (TPSA) is 27.6 Å². The van der Waals surface area contributed by atoms with Crippen molar-refractivity contribution in [2.75, 3.05) is 26.2 Å².